The molecular formula is C13H13ClN2O3. The van der Waals surface area contributed by atoms with E-state index in [1.807, 2.05) is 12.1 Å². The van der Waals surface area contributed by atoms with E-state index in [1.54, 1.807) is 12.1 Å². The molecule has 0 aliphatic carbocycles. The van der Waals surface area contributed by atoms with Crippen LogP contribution in [0.1, 0.15) is 12.1 Å². The van der Waals surface area contributed by atoms with Crippen LogP contribution in [0, 0.1) is 0 Å². The van der Waals surface area contributed by atoms with Crippen molar-refractivity contribution in [3.63, 3.8) is 0 Å². The third-order valence-corrected chi connectivity index (χ3v) is 2.86. The molecule has 0 radical (unpaired) electrons. The molecule has 0 bridgehead atoms. The Labute approximate surface area is 114 Å². The molecule has 6 heteroatoms. The van der Waals surface area contributed by atoms with Gasteiger partial charge in [0.05, 0.1) is 11.6 Å². The molecule has 0 aliphatic heterocycles. The van der Waals surface area contributed by atoms with Crippen LogP contribution in [0.2, 0.25) is 5.02 Å². The second kappa shape index (κ2) is 6.24. The van der Waals surface area contributed by atoms with Crippen LogP contribution in [0.4, 0.5) is 0 Å². The van der Waals surface area contributed by atoms with Crippen LogP contribution in [-0.2, 0) is 6.42 Å². The summed E-state index contributed by atoms with van der Waals surface area (Å²) in [6, 6.07) is 8.54. The second-order valence-electron chi connectivity index (χ2n) is 4.00. The van der Waals surface area contributed by atoms with Crippen LogP contribution in [0.5, 0.6) is 5.75 Å². The summed E-state index contributed by atoms with van der Waals surface area (Å²) in [7, 11) is 0. The minimum absolute atomic E-state index is 0.477. The van der Waals surface area contributed by atoms with Crippen LogP contribution in [0.25, 0.3) is 0 Å². The third-order valence-electron chi connectivity index (χ3n) is 2.55. The number of aryl methyl sites for hydroxylation is 1. The Morgan fingerprint density at radius 3 is 2.68 bits per heavy atom. The summed E-state index contributed by atoms with van der Waals surface area (Å²) in [5, 5.41) is 5.52. The fraction of sp³-hybridized carbons (Fsp3) is 0.231. The van der Waals surface area contributed by atoms with Gasteiger partial charge < -0.3 is 9.84 Å². The molecule has 0 unspecified atom stereocenters. The van der Waals surface area contributed by atoms with Crippen LogP contribution < -0.4 is 15.7 Å². The van der Waals surface area contributed by atoms with E-state index in [0.29, 0.717) is 35.9 Å². The van der Waals surface area contributed by atoms with Crippen molar-refractivity contribution in [3.8, 4) is 5.75 Å². The SMILES string of the molecule is O=c1cc(CCCOc2ccccc2Cl)[nH][nH]c1=O. The van der Waals surface area contributed by atoms with Crippen molar-refractivity contribution >= 4 is 11.6 Å². The lowest BCUT2D eigenvalue weighted by Crippen LogP contribution is -2.27. The Balaban J connectivity index is 1.84. The number of para-hydroxylation sites is 1. The van der Waals surface area contributed by atoms with Crippen molar-refractivity contribution in [2.24, 2.45) is 0 Å². The van der Waals surface area contributed by atoms with Crippen molar-refractivity contribution in [2.45, 2.75) is 12.8 Å². The molecule has 2 N–H and O–H groups in total. The van der Waals surface area contributed by atoms with Crippen LogP contribution in [0.3, 0.4) is 0 Å². The lowest BCUT2D eigenvalue weighted by molar-refractivity contribution is 0.310. The van der Waals surface area contributed by atoms with Crippen LogP contribution in [0.15, 0.2) is 39.9 Å². The number of benzene rings is 1. The number of hydrogen-bond acceptors (Lipinski definition) is 3. The normalized spacial score (nSPS) is 10.4. The zero-order chi connectivity index (χ0) is 13.7. The van der Waals surface area contributed by atoms with E-state index in [0.717, 1.165) is 0 Å². The lowest BCUT2D eigenvalue weighted by atomic mass is 10.2. The molecule has 1 aromatic heterocycles. The van der Waals surface area contributed by atoms with Gasteiger partial charge >= 0.3 is 5.56 Å². The van der Waals surface area contributed by atoms with Crippen molar-refractivity contribution < 1.29 is 4.74 Å². The molecule has 100 valence electrons. The van der Waals surface area contributed by atoms with Gasteiger partial charge in [0.1, 0.15) is 5.75 Å². The first kappa shape index (κ1) is 13.4. The summed E-state index contributed by atoms with van der Waals surface area (Å²) in [5.41, 5.74) is -0.510. The minimum Gasteiger partial charge on any atom is -0.492 e. The summed E-state index contributed by atoms with van der Waals surface area (Å²) in [5.74, 6) is 0.638. The monoisotopic (exact) mass is 280 g/mol. The molecule has 0 saturated carbocycles. The Morgan fingerprint density at radius 1 is 1.16 bits per heavy atom. The molecular weight excluding hydrogens is 268 g/mol. The van der Waals surface area contributed by atoms with Crippen molar-refractivity contribution in [1.82, 2.24) is 10.2 Å². The maximum atomic E-state index is 11.1. The third kappa shape index (κ3) is 3.72. The largest absolute Gasteiger partial charge is 0.492 e. The molecule has 0 atom stereocenters. The fourth-order valence-electron chi connectivity index (χ4n) is 1.60. The summed E-state index contributed by atoms with van der Waals surface area (Å²) in [6.45, 7) is 0.477. The predicted molar refractivity (Wildman–Crippen MR) is 73.0 cm³/mol. The van der Waals surface area contributed by atoms with Crippen molar-refractivity contribution in [1.29, 1.82) is 0 Å². The van der Waals surface area contributed by atoms with E-state index in [1.165, 1.54) is 6.07 Å². The Hall–Kier alpha value is -2.01. The topological polar surface area (TPSA) is 75.0 Å². The number of aromatic amines is 2. The van der Waals surface area contributed by atoms with Gasteiger partial charge in [0, 0.05) is 11.8 Å². The molecule has 2 aromatic rings. The second-order valence-corrected chi connectivity index (χ2v) is 4.40. The van der Waals surface area contributed by atoms with E-state index < -0.39 is 11.0 Å². The van der Waals surface area contributed by atoms with Gasteiger partial charge in [-0.15, -0.1) is 0 Å². The molecule has 2 rings (SSSR count). The first-order valence-corrected chi connectivity index (χ1v) is 6.23. The highest BCUT2D eigenvalue weighted by Crippen LogP contribution is 2.23. The molecule has 0 fully saturated rings. The number of aromatic nitrogens is 2. The number of ether oxygens (including phenoxy) is 1. The number of halogens is 1. The van der Waals surface area contributed by atoms with E-state index in [4.69, 9.17) is 16.3 Å². The molecule has 0 amide bonds. The van der Waals surface area contributed by atoms with Gasteiger partial charge in [-0.05, 0) is 25.0 Å². The first-order valence-electron chi connectivity index (χ1n) is 5.85. The van der Waals surface area contributed by atoms with E-state index in [2.05, 4.69) is 10.2 Å². The maximum absolute atomic E-state index is 11.1. The number of nitrogens with one attached hydrogen (secondary N) is 2. The van der Waals surface area contributed by atoms with Gasteiger partial charge in [-0.2, -0.15) is 0 Å². The quantitative estimate of drug-likeness (QED) is 0.647. The van der Waals surface area contributed by atoms with E-state index >= 15 is 0 Å². The highest BCUT2D eigenvalue weighted by atomic mass is 35.5. The first-order chi connectivity index (χ1) is 9.16. The summed E-state index contributed by atoms with van der Waals surface area (Å²) in [4.78, 5) is 22.0. The van der Waals surface area contributed by atoms with Crippen molar-refractivity contribution in [2.75, 3.05) is 6.61 Å². The van der Waals surface area contributed by atoms with Gasteiger partial charge in [-0.3, -0.25) is 14.7 Å². The molecule has 1 aromatic carbocycles. The smallest absolute Gasteiger partial charge is 0.310 e. The molecule has 0 spiro atoms. The summed E-state index contributed by atoms with van der Waals surface area (Å²) >= 11 is 5.95. The Kier molecular flexibility index (Phi) is 4.41. The molecule has 5 nitrogen and oxygen atoms in total. The van der Waals surface area contributed by atoms with Gasteiger partial charge in [-0.25, -0.2) is 0 Å². The molecule has 0 saturated heterocycles. The average Bonchev–Trinajstić information content (AvgIpc) is 2.40. The number of hydrogen-bond donors (Lipinski definition) is 2. The van der Waals surface area contributed by atoms with Gasteiger partial charge in [0.15, 0.2) is 0 Å². The molecule has 0 aliphatic rings. The predicted octanol–water partition coefficient (Wildman–Crippen LogP) is 1.73. The number of rotatable bonds is 5. The van der Waals surface area contributed by atoms with Gasteiger partial charge in [0.2, 0.25) is 5.43 Å². The highest BCUT2D eigenvalue weighted by molar-refractivity contribution is 6.32. The summed E-state index contributed by atoms with van der Waals surface area (Å²) < 4.78 is 5.52. The number of H-pyrrole nitrogens is 2. The standard InChI is InChI=1S/C13H13ClN2O3/c14-10-5-1-2-6-12(10)19-7-3-4-9-8-11(17)13(18)16-15-9/h1-2,5-6,8H,3-4,7H2,(H,15,17)(H,16,18). The highest BCUT2D eigenvalue weighted by Gasteiger charge is 2.01. The average molecular weight is 281 g/mol. The lowest BCUT2D eigenvalue weighted by Gasteiger charge is -2.07. The maximum Gasteiger partial charge on any atom is 0.310 e. The van der Waals surface area contributed by atoms with Gasteiger partial charge in [0.25, 0.3) is 0 Å². The zero-order valence-corrected chi connectivity index (χ0v) is 10.9. The molecule has 1 heterocycles. The molecule has 19 heavy (non-hydrogen) atoms. The minimum atomic E-state index is -0.643. The van der Waals surface area contributed by atoms with Crippen molar-refractivity contribution in [3.05, 3.63) is 61.6 Å². The zero-order valence-electron chi connectivity index (χ0n) is 10.1. The summed E-state index contributed by atoms with van der Waals surface area (Å²) in [6.07, 6.45) is 1.31. The van der Waals surface area contributed by atoms with Crippen LogP contribution >= 0.6 is 11.6 Å². The van der Waals surface area contributed by atoms with Crippen LogP contribution in [-0.4, -0.2) is 16.8 Å². The fourth-order valence-corrected chi connectivity index (χ4v) is 1.79. The van der Waals surface area contributed by atoms with E-state index in [-0.39, 0.29) is 0 Å². The Morgan fingerprint density at radius 2 is 1.95 bits per heavy atom. The Bertz CT molecular complexity index is 663. The van der Waals surface area contributed by atoms with E-state index in [9.17, 15) is 9.59 Å². The van der Waals surface area contributed by atoms with Gasteiger partial charge in [-0.1, -0.05) is 23.7 Å².